The van der Waals surface area contributed by atoms with Gasteiger partial charge in [-0.1, -0.05) is 37.3 Å². The van der Waals surface area contributed by atoms with Gasteiger partial charge in [-0.25, -0.2) is 4.98 Å². The second-order valence-electron chi connectivity index (χ2n) is 7.79. The van der Waals surface area contributed by atoms with Gasteiger partial charge in [0.15, 0.2) is 0 Å². The number of benzene rings is 3. The summed E-state index contributed by atoms with van der Waals surface area (Å²) in [6, 6.07) is 18.6. The SMILES string of the molecule is CCCN1CCc2c(c(-c3ccc(O)c(Br)c3)nc3ccc4ccccc4c23)C1. The van der Waals surface area contributed by atoms with Gasteiger partial charge >= 0.3 is 0 Å². The highest BCUT2D eigenvalue weighted by atomic mass is 79.9. The van der Waals surface area contributed by atoms with E-state index < -0.39 is 0 Å². The molecule has 4 heteroatoms. The fourth-order valence-electron chi connectivity index (χ4n) is 4.57. The molecule has 0 fully saturated rings. The van der Waals surface area contributed by atoms with E-state index in [1.54, 1.807) is 6.07 Å². The van der Waals surface area contributed by atoms with Crippen LogP contribution >= 0.6 is 15.9 Å². The lowest BCUT2D eigenvalue weighted by atomic mass is 9.89. The zero-order valence-electron chi connectivity index (χ0n) is 16.5. The summed E-state index contributed by atoms with van der Waals surface area (Å²) in [4.78, 5) is 7.67. The van der Waals surface area contributed by atoms with E-state index in [1.165, 1.54) is 27.3 Å². The van der Waals surface area contributed by atoms with Crippen LogP contribution in [0.5, 0.6) is 5.75 Å². The summed E-state index contributed by atoms with van der Waals surface area (Å²) in [7, 11) is 0. The fourth-order valence-corrected chi connectivity index (χ4v) is 4.95. The number of rotatable bonds is 3. The molecule has 0 saturated carbocycles. The first-order chi connectivity index (χ1) is 14.2. The van der Waals surface area contributed by atoms with Gasteiger partial charge in [-0.3, -0.25) is 4.90 Å². The summed E-state index contributed by atoms with van der Waals surface area (Å²) >= 11 is 3.47. The lowest BCUT2D eigenvalue weighted by molar-refractivity contribution is 0.255. The van der Waals surface area contributed by atoms with Gasteiger partial charge < -0.3 is 5.11 Å². The maximum Gasteiger partial charge on any atom is 0.129 e. The third-order valence-corrected chi connectivity index (χ3v) is 6.55. The average molecular weight is 447 g/mol. The standard InChI is InChI=1S/C25H23BrN2O/c1-2-12-28-13-11-19-20(15-28)25(17-8-10-23(29)21(26)14-17)27-22-9-7-16-5-3-4-6-18(16)24(19)22/h3-10,14,29H,2,11-13,15H2,1H3. The Hall–Kier alpha value is -2.43. The number of pyridine rings is 1. The first-order valence-electron chi connectivity index (χ1n) is 10.2. The highest BCUT2D eigenvalue weighted by Crippen LogP contribution is 2.38. The van der Waals surface area contributed by atoms with Crippen LogP contribution in [-0.2, 0) is 13.0 Å². The van der Waals surface area contributed by atoms with Crippen LogP contribution in [0.15, 0.2) is 59.1 Å². The van der Waals surface area contributed by atoms with Gasteiger partial charge in [0.05, 0.1) is 15.7 Å². The molecule has 29 heavy (non-hydrogen) atoms. The predicted octanol–water partition coefficient (Wildman–Crippen LogP) is 6.29. The van der Waals surface area contributed by atoms with Crippen LogP contribution in [0.3, 0.4) is 0 Å². The first-order valence-corrected chi connectivity index (χ1v) is 11.0. The molecular formula is C25H23BrN2O. The van der Waals surface area contributed by atoms with Gasteiger partial charge in [0.25, 0.3) is 0 Å². The molecule has 0 saturated heterocycles. The van der Waals surface area contributed by atoms with Crippen molar-refractivity contribution in [1.29, 1.82) is 0 Å². The smallest absolute Gasteiger partial charge is 0.129 e. The minimum absolute atomic E-state index is 0.252. The van der Waals surface area contributed by atoms with Crippen LogP contribution in [-0.4, -0.2) is 28.1 Å². The highest BCUT2D eigenvalue weighted by Gasteiger charge is 2.24. The summed E-state index contributed by atoms with van der Waals surface area (Å²) < 4.78 is 0.699. The highest BCUT2D eigenvalue weighted by molar-refractivity contribution is 9.10. The van der Waals surface area contributed by atoms with Crippen molar-refractivity contribution in [2.24, 2.45) is 0 Å². The molecular weight excluding hydrogens is 424 g/mol. The quantitative estimate of drug-likeness (QED) is 0.375. The van der Waals surface area contributed by atoms with Gasteiger partial charge in [0.1, 0.15) is 5.75 Å². The minimum atomic E-state index is 0.252. The summed E-state index contributed by atoms with van der Waals surface area (Å²) in [5.41, 5.74) is 5.87. The lowest BCUT2D eigenvalue weighted by Gasteiger charge is -2.31. The number of halogens is 1. The van der Waals surface area contributed by atoms with E-state index in [-0.39, 0.29) is 5.75 Å². The van der Waals surface area contributed by atoms with Crippen LogP contribution < -0.4 is 0 Å². The van der Waals surface area contributed by atoms with Crippen LogP contribution in [0.1, 0.15) is 24.5 Å². The monoisotopic (exact) mass is 446 g/mol. The molecule has 1 aliphatic rings. The van der Waals surface area contributed by atoms with E-state index in [9.17, 15) is 5.11 Å². The summed E-state index contributed by atoms with van der Waals surface area (Å²) in [6.45, 7) is 5.34. The van der Waals surface area contributed by atoms with Crippen molar-refractivity contribution in [2.75, 3.05) is 13.1 Å². The van der Waals surface area contributed by atoms with E-state index >= 15 is 0 Å². The van der Waals surface area contributed by atoms with E-state index in [2.05, 4.69) is 64.2 Å². The zero-order chi connectivity index (χ0) is 20.0. The maximum atomic E-state index is 9.96. The van der Waals surface area contributed by atoms with Gasteiger partial charge in [0, 0.05) is 24.0 Å². The van der Waals surface area contributed by atoms with Gasteiger partial charge in [-0.05, 0) is 81.5 Å². The molecule has 1 N–H and O–H groups in total. The van der Waals surface area contributed by atoms with Crippen molar-refractivity contribution < 1.29 is 5.11 Å². The number of phenols is 1. The van der Waals surface area contributed by atoms with Crippen molar-refractivity contribution >= 4 is 37.6 Å². The number of hydrogen-bond donors (Lipinski definition) is 1. The molecule has 0 bridgehead atoms. The Morgan fingerprint density at radius 1 is 1.07 bits per heavy atom. The zero-order valence-corrected chi connectivity index (χ0v) is 18.0. The third kappa shape index (κ3) is 3.21. The van der Waals surface area contributed by atoms with Crippen LogP contribution in [0.2, 0.25) is 0 Å². The normalized spacial score (nSPS) is 14.4. The molecule has 0 atom stereocenters. The van der Waals surface area contributed by atoms with Crippen molar-refractivity contribution in [1.82, 2.24) is 9.88 Å². The molecule has 1 aliphatic heterocycles. The van der Waals surface area contributed by atoms with Gasteiger partial charge in [-0.15, -0.1) is 0 Å². The predicted molar refractivity (Wildman–Crippen MR) is 123 cm³/mol. The molecule has 4 aromatic rings. The third-order valence-electron chi connectivity index (χ3n) is 5.91. The van der Waals surface area contributed by atoms with E-state index in [0.29, 0.717) is 4.47 Å². The number of aromatic hydroxyl groups is 1. The van der Waals surface area contributed by atoms with Crippen LogP contribution in [0.25, 0.3) is 32.9 Å². The Morgan fingerprint density at radius 2 is 1.93 bits per heavy atom. The van der Waals surface area contributed by atoms with Gasteiger partial charge in [0.2, 0.25) is 0 Å². The number of phenolic OH excluding ortho intramolecular Hbond substituents is 1. The van der Waals surface area contributed by atoms with Gasteiger partial charge in [-0.2, -0.15) is 0 Å². The lowest BCUT2D eigenvalue weighted by Crippen LogP contribution is -2.32. The molecule has 3 aromatic carbocycles. The largest absolute Gasteiger partial charge is 0.507 e. The van der Waals surface area contributed by atoms with E-state index in [4.69, 9.17) is 4.98 Å². The second kappa shape index (κ2) is 7.43. The average Bonchev–Trinajstić information content (AvgIpc) is 2.75. The van der Waals surface area contributed by atoms with E-state index in [0.717, 1.165) is 49.2 Å². The second-order valence-corrected chi connectivity index (χ2v) is 8.65. The molecule has 5 rings (SSSR count). The van der Waals surface area contributed by atoms with Crippen molar-refractivity contribution in [3.05, 3.63) is 70.2 Å². The Kier molecular flexibility index (Phi) is 4.76. The number of aromatic nitrogens is 1. The van der Waals surface area contributed by atoms with Crippen LogP contribution in [0, 0.1) is 0 Å². The topological polar surface area (TPSA) is 36.4 Å². The first kappa shape index (κ1) is 18.6. The minimum Gasteiger partial charge on any atom is -0.507 e. The number of nitrogens with zero attached hydrogens (tertiary/aromatic N) is 2. The summed E-state index contributed by atoms with van der Waals surface area (Å²) in [6.07, 6.45) is 2.19. The molecule has 0 unspecified atom stereocenters. The number of fused-ring (bicyclic) bond motifs is 5. The van der Waals surface area contributed by atoms with Crippen LogP contribution in [0.4, 0.5) is 0 Å². The Balaban J connectivity index is 1.82. The molecule has 0 spiro atoms. The Bertz CT molecular complexity index is 1230. The summed E-state index contributed by atoms with van der Waals surface area (Å²) in [5, 5.41) is 13.8. The van der Waals surface area contributed by atoms with E-state index in [1.807, 2.05) is 12.1 Å². The molecule has 146 valence electrons. The molecule has 0 radical (unpaired) electrons. The molecule has 2 heterocycles. The van der Waals surface area contributed by atoms with Crippen molar-refractivity contribution in [2.45, 2.75) is 26.3 Å². The van der Waals surface area contributed by atoms with Crippen molar-refractivity contribution in [3.63, 3.8) is 0 Å². The molecule has 0 amide bonds. The Labute approximate surface area is 179 Å². The molecule has 1 aromatic heterocycles. The molecule has 0 aliphatic carbocycles. The Morgan fingerprint density at radius 3 is 2.76 bits per heavy atom. The number of hydrogen-bond acceptors (Lipinski definition) is 3. The fraction of sp³-hybridized carbons (Fsp3) is 0.240. The summed E-state index contributed by atoms with van der Waals surface area (Å²) in [5.74, 6) is 0.252. The van der Waals surface area contributed by atoms with Crippen molar-refractivity contribution in [3.8, 4) is 17.0 Å². The molecule has 3 nitrogen and oxygen atoms in total. The maximum absolute atomic E-state index is 9.96.